The average molecular weight is 232 g/mol. The number of hydrogen-bond donors (Lipinski definition) is 0. The van der Waals surface area contributed by atoms with Crippen LogP contribution in [0.3, 0.4) is 0 Å². The lowest BCUT2D eigenvalue weighted by Gasteiger charge is -1.93. The zero-order valence-electron chi connectivity index (χ0n) is 7.18. The third-order valence-corrected chi connectivity index (χ3v) is 2.77. The van der Waals surface area contributed by atoms with Crippen LogP contribution in [0.4, 0.5) is 0 Å². The summed E-state index contributed by atoms with van der Waals surface area (Å²) in [4.78, 5) is 3.78. The van der Waals surface area contributed by atoms with Crippen LogP contribution in [0.15, 0.2) is 23.4 Å². The Balaban J connectivity index is 2.81. The fourth-order valence-electron chi connectivity index (χ4n) is 1.12. The highest BCUT2D eigenvalue weighted by Crippen LogP contribution is 2.12. The van der Waals surface area contributed by atoms with E-state index in [1.165, 1.54) is 4.52 Å². The molecule has 2 heterocycles. The van der Waals surface area contributed by atoms with Crippen molar-refractivity contribution in [1.82, 2.24) is 14.6 Å². The Morgan fingerprint density at radius 1 is 1.43 bits per heavy atom. The molecule has 0 aromatic carbocycles. The molecule has 0 unspecified atom stereocenters. The van der Waals surface area contributed by atoms with Crippen LogP contribution < -0.4 is 0 Å². The lowest BCUT2D eigenvalue weighted by atomic mass is 10.4. The van der Waals surface area contributed by atoms with Crippen LogP contribution in [0.1, 0.15) is 5.69 Å². The van der Waals surface area contributed by atoms with Crippen molar-refractivity contribution < 1.29 is 8.42 Å². The number of aryl methyl sites for hydroxylation is 1. The van der Waals surface area contributed by atoms with Gasteiger partial charge in [-0.3, -0.25) is 0 Å². The minimum Gasteiger partial charge on any atom is -0.217 e. The highest BCUT2D eigenvalue weighted by atomic mass is 35.7. The largest absolute Gasteiger partial charge is 0.298 e. The fraction of sp³-hybridized carbons (Fsp3) is 0.143. The van der Waals surface area contributed by atoms with Gasteiger partial charge in [0.05, 0.1) is 0 Å². The first-order chi connectivity index (χ1) is 6.48. The van der Waals surface area contributed by atoms with Crippen molar-refractivity contribution in [3.8, 4) is 0 Å². The van der Waals surface area contributed by atoms with Crippen molar-refractivity contribution in [1.29, 1.82) is 0 Å². The van der Waals surface area contributed by atoms with Crippen molar-refractivity contribution >= 4 is 25.4 Å². The second-order valence-electron chi connectivity index (χ2n) is 2.77. The van der Waals surface area contributed by atoms with Gasteiger partial charge < -0.3 is 0 Å². The van der Waals surface area contributed by atoms with Gasteiger partial charge in [0.25, 0.3) is 14.2 Å². The third-order valence-electron chi connectivity index (χ3n) is 1.75. The Morgan fingerprint density at radius 3 is 2.71 bits per heavy atom. The molecular weight excluding hydrogens is 226 g/mol. The first-order valence-electron chi connectivity index (χ1n) is 3.75. The number of hydrogen-bond acceptors (Lipinski definition) is 4. The molecule has 0 aliphatic carbocycles. The summed E-state index contributed by atoms with van der Waals surface area (Å²) in [6.45, 7) is 1.80. The molecule has 0 radical (unpaired) electrons. The summed E-state index contributed by atoms with van der Waals surface area (Å²) < 4.78 is 23.3. The quantitative estimate of drug-likeness (QED) is 0.686. The van der Waals surface area contributed by atoms with Crippen LogP contribution in [0.2, 0.25) is 0 Å². The van der Waals surface area contributed by atoms with E-state index in [-0.39, 0.29) is 5.16 Å². The second-order valence-corrected chi connectivity index (χ2v) is 5.23. The Kier molecular flexibility index (Phi) is 1.97. The third kappa shape index (κ3) is 1.46. The Labute approximate surface area is 84.8 Å². The van der Waals surface area contributed by atoms with Crippen molar-refractivity contribution in [2.45, 2.75) is 12.1 Å². The van der Waals surface area contributed by atoms with Gasteiger partial charge in [-0.25, -0.2) is 12.9 Å². The van der Waals surface area contributed by atoms with Gasteiger partial charge in [0.15, 0.2) is 5.65 Å². The van der Waals surface area contributed by atoms with Gasteiger partial charge in [0.2, 0.25) is 0 Å². The molecule has 0 saturated heterocycles. The first-order valence-corrected chi connectivity index (χ1v) is 6.06. The average Bonchev–Trinajstić information content (AvgIpc) is 2.48. The van der Waals surface area contributed by atoms with E-state index >= 15 is 0 Å². The van der Waals surface area contributed by atoms with Crippen LogP contribution in [-0.4, -0.2) is 23.0 Å². The van der Waals surface area contributed by atoms with E-state index in [9.17, 15) is 8.42 Å². The standard InChI is InChI=1S/C7H6ClN3O2S/c1-5-3-2-4-6-9-7(10-11(5)6)14(8,12)13/h2-4H,1H3. The Bertz CT molecular complexity index is 590. The van der Waals surface area contributed by atoms with Crippen molar-refractivity contribution in [3.05, 3.63) is 23.9 Å². The Morgan fingerprint density at radius 2 is 2.14 bits per heavy atom. The molecule has 0 amide bonds. The first kappa shape index (κ1) is 9.42. The molecule has 0 aliphatic rings. The molecule has 0 bridgehead atoms. The summed E-state index contributed by atoms with van der Waals surface area (Å²) in [7, 11) is 1.26. The topological polar surface area (TPSA) is 64.3 Å². The monoisotopic (exact) mass is 231 g/mol. The van der Waals surface area contributed by atoms with E-state index in [0.29, 0.717) is 5.65 Å². The maximum atomic E-state index is 10.9. The van der Waals surface area contributed by atoms with E-state index in [0.717, 1.165) is 5.69 Å². The number of fused-ring (bicyclic) bond motifs is 1. The van der Waals surface area contributed by atoms with E-state index in [4.69, 9.17) is 10.7 Å². The molecule has 2 rings (SSSR count). The lowest BCUT2D eigenvalue weighted by molar-refractivity contribution is 0.601. The molecule has 74 valence electrons. The molecule has 0 aliphatic heterocycles. The van der Waals surface area contributed by atoms with Gasteiger partial charge in [-0.05, 0) is 19.1 Å². The number of halogens is 1. The number of aromatic nitrogens is 3. The molecule has 0 saturated carbocycles. The maximum absolute atomic E-state index is 10.9. The highest BCUT2D eigenvalue weighted by molar-refractivity contribution is 8.13. The molecule has 5 nitrogen and oxygen atoms in total. The zero-order chi connectivity index (χ0) is 10.3. The molecule has 14 heavy (non-hydrogen) atoms. The molecule has 0 fully saturated rings. The molecule has 0 N–H and O–H groups in total. The number of pyridine rings is 1. The van der Waals surface area contributed by atoms with E-state index in [1.54, 1.807) is 25.1 Å². The minimum absolute atomic E-state index is 0.367. The van der Waals surface area contributed by atoms with Gasteiger partial charge in [-0.15, -0.1) is 5.10 Å². The van der Waals surface area contributed by atoms with Gasteiger partial charge in [-0.2, -0.15) is 4.98 Å². The lowest BCUT2D eigenvalue weighted by Crippen LogP contribution is -1.95. The van der Waals surface area contributed by atoms with Crippen molar-refractivity contribution in [2.75, 3.05) is 0 Å². The SMILES string of the molecule is Cc1cccc2nc(S(=O)(=O)Cl)nn12. The van der Waals surface area contributed by atoms with E-state index < -0.39 is 9.05 Å². The van der Waals surface area contributed by atoms with Crippen LogP contribution in [0, 0.1) is 6.92 Å². The molecule has 2 aromatic rings. The van der Waals surface area contributed by atoms with Crippen molar-refractivity contribution in [2.24, 2.45) is 0 Å². The Hall–Kier alpha value is -1.14. The smallest absolute Gasteiger partial charge is 0.217 e. The summed E-state index contributed by atoms with van der Waals surface area (Å²) in [5.74, 6) is 0. The van der Waals surface area contributed by atoms with Gasteiger partial charge >= 0.3 is 0 Å². The predicted octanol–water partition coefficient (Wildman–Crippen LogP) is 0.965. The molecular formula is C7H6ClN3O2S. The minimum atomic E-state index is -3.85. The second kappa shape index (κ2) is 2.93. The number of rotatable bonds is 1. The van der Waals surface area contributed by atoms with Crippen LogP contribution in [-0.2, 0) is 9.05 Å². The van der Waals surface area contributed by atoms with Crippen molar-refractivity contribution in [3.63, 3.8) is 0 Å². The van der Waals surface area contributed by atoms with Gasteiger partial charge in [0.1, 0.15) is 0 Å². The summed E-state index contributed by atoms with van der Waals surface area (Å²) in [5, 5.41) is 3.40. The molecule has 7 heteroatoms. The molecule has 0 atom stereocenters. The van der Waals surface area contributed by atoms with Crippen LogP contribution >= 0.6 is 10.7 Å². The normalized spacial score (nSPS) is 12.1. The molecule has 2 aromatic heterocycles. The zero-order valence-corrected chi connectivity index (χ0v) is 8.75. The van der Waals surface area contributed by atoms with E-state index in [2.05, 4.69) is 10.1 Å². The summed E-state index contributed by atoms with van der Waals surface area (Å²) >= 11 is 0. The van der Waals surface area contributed by atoms with E-state index in [1.807, 2.05) is 0 Å². The number of nitrogens with zero attached hydrogens (tertiary/aromatic N) is 3. The highest BCUT2D eigenvalue weighted by Gasteiger charge is 2.17. The predicted molar refractivity (Wildman–Crippen MR) is 50.8 cm³/mol. The summed E-state index contributed by atoms with van der Waals surface area (Å²) in [5.41, 5.74) is 1.26. The maximum Gasteiger partial charge on any atom is 0.298 e. The van der Waals surface area contributed by atoms with Gasteiger partial charge in [0, 0.05) is 16.4 Å². The summed E-state index contributed by atoms with van der Waals surface area (Å²) in [6.07, 6.45) is 0. The molecule has 0 spiro atoms. The van der Waals surface area contributed by atoms with Gasteiger partial charge in [-0.1, -0.05) is 6.07 Å². The van der Waals surface area contributed by atoms with Crippen LogP contribution in [0.25, 0.3) is 5.65 Å². The summed E-state index contributed by atoms with van der Waals surface area (Å²) in [6, 6.07) is 5.22. The fourth-order valence-corrected chi connectivity index (χ4v) is 1.70. The van der Waals surface area contributed by atoms with Crippen LogP contribution in [0.5, 0.6) is 0 Å².